The maximum atomic E-state index is 11.8. The van der Waals surface area contributed by atoms with Gasteiger partial charge in [-0.2, -0.15) is 5.10 Å². The third-order valence-corrected chi connectivity index (χ3v) is 4.87. The number of nitrogens with zero attached hydrogens (tertiary/aromatic N) is 4. The van der Waals surface area contributed by atoms with Crippen molar-refractivity contribution in [1.29, 1.82) is 0 Å². The fourth-order valence-electron chi connectivity index (χ4n) is 3.61. The van der Waals surface area contributed by atoms with E-state index >= 15 is 0 Å². The second-order valence-electron chi connectivity index (χ2n) is 6.68. The zero-order chi connectivity index (χ0) is 17.4. The third kappa shape index (κ3) is 3.11. The normalized spacial score (nSPS) is 21.1. The number of benzene rings is 1. The molecule has 3 heterocycles. The lowest BCUT2D eigenvalue weighted by atomic mass is 10.0. The van der Waals surface area contributed by atoms with E-state index in [1.54, 1.807) is 4.90 Å². The van der Waals surface area contributed by atoms with Crippen LogP contribution in [0.5, 0.6) is 0 Å². The molecule has 1 fully saturated rings. The molecule has 4 rings (SSSR count). The Morgan fingerprint density at radius 2 is 2.24 bits per heavy atom. The van der Waals surface area contributed by atoms with Crippen LogP contribution in [0.25, 0.3) is 0 Å². The molecule has 2 atom stereocenters. The number of aromatic nitrogens is 3. The first kappa shape index (κ1) is 16.1. The van der Waals surface area contributed by atoms with Gasteiger partial charge in [0, 0.05) is 18.3 Å². The second kappa shape index (κ2) is 6.48. The van der Waals surface area contributed by atoms with Crippen molar-refractivity contribution in [3.63, 3.8) is 0 Å². The molecule has 1 aromatic heterocycles. The molecule has 2 aliphatic rings. The van der Waals surface area contributed by atoms with Gasteiger partial charge in [0.25, 0.3) is 0 Å². The molecule has 2 aromatic rings. The monoisotopic (exact) mass is 341 g/mol. The standard InChI is InChI=1S/C18H23N5O2/c1-12(19-16-7-4-8-23-17(16)20-13(2)21-23)14-5-3-6-15(11-14)22-9-10-25-18(22)24/h3,5-6,11-12,16,19H,4,7-10H2,1-2H3/t12-,16+/m1/s1. The molecule has 0 spiro atoms. The number of fused-ring (bicyclic) bond motifs is 1. The molecule has 0 saturated carbocycles. The molecule has 0 radical (unpaired) electrons. The Kier molecular flexibility index (Phi) is 4.17. The highest BCUT2D eigenvalue weighted by atomic mass is 16.6. The van der Waals surface area contributed by atoms with Gasteiger partial charge in [0.1, 0.15) is 18.3 Å². The summed E-state index contributed by atoms with van der Waals surface area (Å²) in [7, 11) is 0. The molecular formula is C18H23N5O2. The smallest absolute Gasteiger partial charge is 0.414 e. The molecule has 1 N–H and O–H groups in total. The molecule has 132 valence electrons. The number of ether oxygens (including phenoxy) is 1. The van der Waals surface area contributed by atoms with E-state index in [1.807, 2.05) is 23.7 Å². The quantitative estimate of drug-likeness (QED) is 0.926. The maximum absolute atomic E-state index is 11.8. The van der Waals surface area contributed by atoms with Crippen molar-refractivity contribution in [2.75, 3.05) is 18.1 Å². The summed E-state index contributed by atoms with van der Waals surface area (Å²) in [6.07, 6.45) is 1.88. The second-order valence-corrected chi connectivity index (χ2v) is 6.68. The number of hydrogen-bond donors (Lipinski definition) is 1. The molecule has 0 aliphatic carbocycles. The van der Waals surface area contributed by atoms with Crippen LogP contribution in [-0.2, 0) is 11.3 Å². The molecule has 0 unspecified atom stereocenters. The Bertz CT molecular complexity index is 788. The van der Waals surface area contributed by atoms with Crippen molar-refractivity contribution in [2.45, 2.75) is 45.3 Å². The van der Waals surface area contributed by atoms with Crippen LogP contribution in [0, 0.1) is 6.92 Å². The molecule has 1 aromatic carbocycles. The van der Waals surface area contributed by atoms with Crippen LogP contribution in [0.15, 0.2) is 24.3 Å². The summed E-state index contributed by atoms with van der Waals surface area (Å²) in [5.74, 6) is 1.85. The molecular weight excluding hydrogens is 318 g/mol. The van der Waals surface area contributed by atoms with Gasteiger partial charge in [0.05, 0.1) is 12.6 Å². The molecule has 25 heavy (non-hydrogen) atoms. The zero-order valence-corrected chi connectivity index (χ0v) is 14.6. The predicted molar refractivity (Wildman–Crippen MR) is 93.4 cm³/mol. The van der Waals surface area contributed by atoms with Crippen molar-refractivity contribution < 1.29 is 9.53 Å². The van der Waals surface area contributed by atoms with Crippen molar-refractivity contribution >= 4 is 11.8 Å². The van der Waals surface area contributed by atoms with E-state index in [4.69, 9.17) is 4.74 Å². The lowest BCUT2D eigenvalue weighted by Crippen LogP contribution is -2.31. The number of cyclic esters (lactones) is 1. The van der Waals surface area contributed by atoms with Crippen molar-refractivity contribution in [3.05, 3.63) is 41.5 Å². The minimum atomic E-state index is -0.270. The van der Waals surface area contributed by atoms with Gasteiger partial charge in [0.2, 0.25) is 0 Å². The fourth-order valence-corrected chi connectivity index (χ4v) is 3.61. The molecule has 7 heteroatoms. The van der Waals surface area contributed by atoms with Gasteiger partial charge in [0.15, 0.2) is 0 Å². The average molecular weight is 341 g/mol. The summed E-state index contributed by atoms with van der Waals surface area (Å²) in [5, 5.41) is 8.14. The third-order valence-electron chi connectivity index (χ3n) is 4.87. The number of carbonyl (C=O) groups excluding carboxylic acids is 1. The first-order chi connectivity index (χ1) is 12.1. The molecule has 2 aliphatic heterocycles. The molecule has 0 bridgehead atoms. The van der Waals surface area contributed by atoms with Gasteiger partial charge in [-0.15, -0.1) is 0 Å². The van der Waals surface area contributed by atoms with Crippen LogP contribution in [0.1, 0.15) is 49.1 Å². The highest BCUT2D eigenvalue weighted by Gasteiger charge is 2.26. The summed E-state index contributed by atoms with van der Waals surface area (Å²) in [6.45, 7) is 6.08. The first-order valence-corrected chi connectivity index (χ1v) is 8.83. The molecule has 1 amide bonds. The number of hydrogen-bond acceptors (Lipinski definition) is 5. The van der Waals surface area contributed by atoms with E-state index < -0.39 is 0 Å². The predicted octanol–water partition coefficient (Wildman–Crippen LogP) is 2.73. The highest BCUT2D eigenvalue weighted by molar-refractivity contribution is 5.89. The van der Waals surface area contributed by atoms with Gasteiger partial charge in [-0.25, -0.2) is 14.5 Å². The van der Waals surface area contributed by atoms with Crippen LogP contribution in [0.3, 0.4) is 0 Å². The Balaban J connectivity index is 1.52. The van der Waals surface area contributed by atoms with Crippen LogP contribution in [0.4, 0.5) is 10.5 Å². The van der Waals surface area contributed by atoms with E-state index in [9.17, 15) is 4.79 Å². The summed E-state index contributed by atoms with van der Waals surface area (Å²) < 4.78 is 7.05. The Morgan fingerprint density at radius 3 is 3.04 bits per heavy atom. The van der Waals surface area contributed by atoms with Crippen molar-refractivity contribution in [1.82, 2.24) is 20.1 Å². The zero-order valence-electron chi connectivity index (χ0n) is 14.6. The van der Waals surface area contributed by atoms with E-state index in [2.05, 4.69) is 34.5 Å². The van der Waals surface area contributed by atoms with Crippen LogP contribution in [-0.4, -0.2) is 34.0 Å². The number of rotatable bonds is 4. The molecule has 1 saturated heterocycles. The van der Waals surface area contributed by atoms with Gasteiger partial charge in [-0.05, 0) is 44.4 Å². The summed E-state index contributed by atoms with van der Waals surface area (Å²) in [6, 6.07) is 8.42. The van der Waals surface area contributed by atoms with E-state index in [0.717, 1.165) is 42.3 Å². The Labute approximate surface area is 147 Å². The van der Waals surface area contributed by atoms with Gasteiger partial charge in [-0.1, -0.05) is 12.1 Å². The minimum Gasteiger partial charge on any atom is -0.447 e. The fraction of sp³-hybridized carbons (Fsp3) is 0.500. The molecule has 7 nitrogen and oxygen atoms in total. The summed E-state index contributed by atoms with van der Waals surface area (Å²) in [4.78, 5) is 18.0. The average Bonchev–Trinajstić information content (AvgIpc) is 3.20. The highest BCUT2D eigenvalue weighted by Crippen LogP contribution is 2.28. The van der Waals surface area contributed by atoms with E-state index in [-0.39, 0.29) is 18.2 Å². The van der Waals surface area contributed by atoms with E-state index in [1.165, 1.54) is 0 Å². The van der Waals surface area contributed by atoms with Crippen LogP contribution < -0.4 is 10.2 Å². The number of nitrogens with one attached hydrogen (secondary N) is 1. The number of carbonyl (C=O) groups is 1. The van der Waals surface area contributed by atoms with Gasteiger partial charge in [-0.3, -0.25) is 4.90 Å². The first-order valence-electron chi connectivity index (χ1n) is 8.83. The topological polar surface area (TPSA) is 72.3 Å². The Morgan fingerprint density at radius 1 is 1.36 bits per heavy atom. The van der Waals surface area contributed by atoms with Gasteiger partial charge < -0.3 is 10.1 Å². The SMILES string of the molecule is Cc1nc2n(n1)CCC[C@@H]2N[C@H](C)c1cccc(N2CCOC2=O)c1. The van der Waals surface area contributed by atoms with Crippen LogP contribution in [0.2, 0.25) is 0 Å². The Hall–Kier alpha value is -2.41. The van der Waals surface area contributed by atoms with Crippen molar-refractivity contribution in [3.8, 4) is 0 Å². The number of anilines is 1. The van der Waals surface area contributed by atoms with E-state index in [0.29, 0.717) is 13.2 Å². The largest absolute Gasteiger partial charge is 0.447 e. The summed E-state index contributed by atoms with van der Waals surface area (Å²) in [5.41, 5.74) is 2.03. The van der Waals surface area contributed by atoms with Crippen LogP contribution >= 0.6 is 0 Å². The van der Waals surface area contributed by atoms with Crippen molar-refractivity contribution in [2.24, 2.45) is 0 Å². The minimum absolute atomic E-state index is 0.145. The number of amides is 1. The van der Waals surface area contributed by atoms with Gasteiger partial charge >= 0.3 is 6.09 Å². The maximum Gasteiger partial charge on any atom is 0.414 e. The summed E-state index contributed by atoms with van der Waals surface area (Å²) >= 11 is 0. The number of aryl methyl sites for hydroxylation is 2. The lowest BCUT2D eigenvalue weighted by Gasteiger charge is -2.27. The lowest BCUT2D eigenvalue weighted by molar-refractivity contribution is 0.181.